The van der Waals surface area contributed by atoms with Crippen molar-refractivity contribution in [3.05, 3.63) is 93.1 Å². The molecule has 3 aromatic heterocycles. The van der Waals surface area contributed by atoms with Crippen LogP contribution in [0.5, 0.6) is 0 Å². The molecule has 0 unspecified atom stereocenters. The van der Waals surface area contributed by atoms with Crippen LogP contribution in [0.25, 0.3) is 22.4 Å². The summed E-state index contributed by atoms with van der Waals surface area (Å²) in [5.41, 5.74) is 4.25. The topological polar surface area (TPSA) is 90.8 Å². The largest absolute Gasteiger partial charge is 0.453 e. The number of furan rings is 1. The van der Waals surface area contributed by atoms with E-state index in [0.29, 0.717) is 35.9 Å². The molecule has 1 aliphatic heterocycles. The number of hydrogen-bond acceptors (Lipinski definition) is 6. The average Bonchev–Trinajstić information content (AvgIpc) is 3.46. The Morgan fingerprint density at radius 3 is 2.74 bits per heavy atom. The van der Waals surface area contributed by atoms with E-state index in [-0.39, 0.29) is 5.56 Å². The van der Waals surface area contributed by atoms with E-state index >= 15 is 0 Å². The minimum atomic E-state index is -0.0970. The molecule has 0 saturated heterocycles. The number of rotatable bonds is 5. The third kappa shape index (κ3) is 4.27. The second-order valence-corrected chi connectivity index (χ2v) is 9.62. The Morgan fingerprint density at radius 2 is 1.88 bits per heavy atom. The van der Waals surface area contributed by atoms with Crippen LogP contribution in [-0.4, -0.2) is 31.4 Å². The van der Waals surface area contributed by atoms with Gasteiger partial charge in [0.1, 0.15) is 11.6 Å². The molecule has 0 atom stereocenters. The first-order valence-corrected chi connectivity index (χ1v) is 12.1. The molecule has 6 rings (SSSR count). The van der Waals surface area contributed by atoms with Crippen molar-refractivity contribution in [2.45, 2.75) is 29.8 Å². The van der Waals surface area contributed by atoms with Crippen molar-refractivity contribution in [2.24, 2.45) is 0 Å². The molecule has 9 heteroatoms. The lowest BCUT2D eigenvalue weighted by atomic mass is 10.1. The van der Waals surface area contributed by atoms with Crippen LogP contribution in [0.2, 0.25) is 5.02 Å². The van der Waals surface area contributed by atoms with Gasteiger partial charge in [0.15, 0.2) is 10.2 Å². The van der Waals surface area contributed by atoms with E-state index in [1.54, 1.807) is 12.1 Å². The lowest BCUT2D eigenvalue weighted by Gasteiger charge is -2.26. The molecule has 5 aromatic rings. The average molecular weight is 490 g/mol. The Balaban J connectivity index is 1.15. The first kappa shape index (κ1) is 21.2. The Hall–Kier alpha value is -3.33. The maximum absolute atomic E-state index is 12.8. The molecule has 0 radical (unpaired) electrons. The van der Waals surface area contributed by atoms with Gasteiger partial charge in [-0.15, -0.1) is 0 Å². The number of halogens is 1. The van der Waals surface area contributed by atoms with E-state index in [1.165, 1.54) is 11.8 Å². The zero-order chi connectivity index (χ0) is 23.1. The highest BCUT2D eigenvalue weighted by Gasteiger charge is 2.22. The number of H-pyrrole nitrogens is 2. The van der Waals surface area contributed by atoms with Crippen molar-refractivity contribution in [2.75, 3.05) is 6.54 Å². The third-order valence-corrected chi connectivity index (χ3v) is 6.91. The van der Waals surface area contributed by atoms with Crippen molar-refractivity contribution in [1.82, 2.24) is 24.8 Å². The zero-order valence-electron chi connectivity index (χ0n) is 18.0. The smallest absolute Gasteiger partial charge is 0.255 e. The zero-order valence-corrected chi connectivity index (χ0v) is 19.6. The van der Waals surface area contributed by atoms with Gasteiger partial charge in [-0.05, 0) is 60.3 Å². The van der Waals surface area contributed by atoms with Crippen LogP contribution < -0.4 is 5.56 Å². The van der Waals surface area contributed by atoms with E-state index in [4.69, 9.17) is 21.0 Å². The summed E-state index contributed by atoms with van der Waals surface area (Å²) in [5, 5.41) is 2.22. The molecule has 2 N–H and O–H groups in total. The Morgan fingerprint density at radius 1 is 1.03 bits per heavy atom. The number of nitrogens with zero attached hydrogens (tertiary/aromatic N) is 3. The number of para-hydroxylation sites is 2. The molecule has 170 valence electrons. The van der Waals surface area contributed by atoms with E-state index in [0.717, 1.165) is 44.8 Å². The van der Waals surface area contributed by atoms with E-state index in [2.05, 4.69) is 19.9 Å². The molecule has 0 aliphatic carbocycles. The molecule has 34 heavy (non-hydrogen) atoms. The number of nitrogens with one attached hydrogen (secondary N) is 2. The monoisotopic (exact) mass is 489 g/mol. The van der Waals surface area contributed by atoms with E-state index in [9.17, 15) is 4.79 Å². The summed E-state index contributed by atoms with van der Waals surface area (Å²) in [4.78, 5) is 30.6. The number of aromatic amines is 2. The summed E-state index contributed by atoms with van der Waals surface area (Å²) >= 11 is 7.44. The minimum Gasteiger partial charge on any atom is -0.453 e. The van der Waals surface area contributed by atoms with Gasteiger partial charge in [0.2, 0.25) is 0 Å². The SMILES string of the molecule is O=c1[nH]c(-c2ccc(Cl)cc2)nc2c1CN(Cc1ccc(Sc3nc4ccccc4[nH]3)o1)CC2. The summed E-state index contributed by atoms with van der Waals surface area (Å²) in [6, 6.07) is 19.2. The van der Waals surface area contributed by atoms with Crippen LogP contribution in [0.1, 0.15) is 17.0 Å². The van der Waals surface area contributed by atoms with Crippen molar-refractivity contribution in [1.29, 1.82) is 0 Å². The summed E-state index contributed by atoms with van der Waals surface area (Å²) < 4.78 is 6.04. The summed E-state index contributed by atoms with van der Waals surface area (Å²) in [5.74, 6) is 1.43. The third-order valence-electron chi connectivity index (χ3n) is 5.85. The van der Waals surface area contributed by atoms with Gasteiger partial charge in [-0.3, -0.25) is 9.69 Å². The standard InChI is InChI=1S/C25H20ClN5O2S/c26-16-7-5-15(6-8-16)23-27-19-11-12-31(14-18(19)24(32)30-23)13-17-9-10-22(33-17)34-25-28-20-3-1-2-4-21(20)29-25/h1-10H,11-14H2,(H,28,29)(H,27,30,32). The highest BCUT2D eigenvalue weighted by molar-refractivity contribution is 7.99. The van der Waals surface area contributed by atoms with Crippen molar-refractivity contribution < 1.29 is 4.42 Å². The normalized spacial score (nSPS) is 13.9. The van der Waals surface area contributed by atoms with Gasteiger partial charge in [-0.1, -0.05) is 23.7 Å². The van der Waals surface area contributed by atoms with Crippen molar-refractivity contribution in [3.63, 3.8) is 0 Å². The second kappa shape index (κ2) is 8.79. The molecular formula is C25H20ClN5O2S. The second-order valence-electron chi connectivity index (χ2n) is 8.19. The molecule has 0 fully saturated rings. The summed E-state index contributed by atoms with van der Waals surface area (Å²) in [7, 11) is 0. The first-order chi connectivity index (χ1) is 16.6. The molecule has 4 heterocycles. The molecule has 1 aliphatic rings. The summed E-state index contributed by atoms with van der Waals surface area (Å²) in [6.45, 7) is 1.96. The van der Waals surface area contributed by atoms with Gasteiger partial charge in [0.05, 0.1) is 28.8 Å². The maximum Gasteiger partial charge on any atom is 0.255 e. The fourth-order valence-electron chi connectivity index (χ4n) is 4.15. The Bertz CT molecular complexity index is 1510. The van der Waals surface area contributed by atoms with Crippen LogP contribution in [0.3, 0.4) is 0 Å². The fraction of sp³-hybridized carbons (Fsp3) is 0.160. The van der Waals surface area contributed by atoms with Gasteiger partial charge in [0.25, 0.3) is 5.56 Å². The highest BCUT2D eigenvalue weighted by Crippen LogP contribution is 2.29. The van der Waals surface area contributed by atoms with Gasteiger partial charge in [-0.25, -0.2) is 9.97 Å². The lowest BCUT2D eigenvalue weighted by molar-refractivity contribution is 0.217. The van der Waals surface area contributed by atoms with Gasteiger partial charge >= 0.3 is 0 Å². The Labute approximate surface area is 204 Å². The lowest BCUT2D eigenvalue weighted by Crippen LogP contribution is -2.35. The summed E-state index contributed by atoms with van der Waals surface area (Å²) in [6.07, 6.45) is 0.709. The highest BCUT2D eigenvalue weighted by atomic mass is 35.5. The van der Waals surface area contributed by atoms with Crippen LogP contribution >= 0.6 is 23.4 Å². The molecule has 0 spiro atoms. The molecule has 2 aromatic carbocycles. The molecule has 7 nitrogen and oxygen atoms in total. The fourth-order valence-corrected chi connectivity index (χ4v) is 5.06. The van der Waals surface area contributed by atoms with Gasteiger partial charge in [-0.2, -0.15) is 0 Å². The number of benzene rings is 2. The molecule has 0 bridgehead atoms. The van der Waals surface area contributed by atoms with Crippen molar-refractivity contribution >= 4 is 34.4 Å². The quantitative estimate of drug-likeness (QED) is 0.349. The number of aromatic nitrogens is 4. The molecular weight excluding hydrogens is 470 g/mol. The molecule has 0 saturated carbocycles. The number of fused-ring (bicyclic) bond motifs is 2. The van der Waals surface area contributed by atoms with Crippen LogP contribution in [-0.2, 0) is 19.5 Å². The van der Waals surface area contributed by atoms with Crippen LogP contribution in [0, 0.1) is 0 Å². The number of hydrogen-bond donors (Lipinski definition) is 2. The van der Waals surface area contributed by atoms with Gasteiger partial charge in [0, 0.05) is 30.1 Å². The van der Waals surface area contributed by atoms with E-state index in [1.807, 2.05) is 48.5 Å². The minimum absolute atomic E-state index is 0.0970. The van der Waals surface area contributed by atoms with Crippen LogP contribution in [0.4, 0.5) is 0 Å². The molecule has 0 amide bonds. The predicted octanol–water partition coefficient (Wildman–Crippen LogP) is 5.27. The van der Waals surface area contributed by atoms with Gasteiger partial charge < -0.3 is 14.4 Å². The van der Waals surface area contributed by atoms with Crippen molar-refractivity contribution in [3.8, 4) is 11.4 Å². The van der Waals surface area contributed by atoms with Crippen LogP contribution in [0.15, 0.2) is 80.1 Å². The predicted molar refractivity (Wildman–Crippen MR) is 132 cm³/mol. The Kier molecular flexibility index (Phi) is 5.49. The maximum atomic E-state index is 12.8. The first-order valence-electron chi connectivity index (χ1n) is 10.9. The number of imidazole rings is 1. The van der Waals surface area contributed by atoms with E-state index < -0.39 is 0 Å².